The number of halogens is 3. The molecule has 0 spiro atoms. The maximum atomic E-state index is 12.4. The molecule has 2 aromatic rings. The molecule has 0 unspecified atom stereocenters. The van der Waals surface area contributed by atoms with Crippen LogP contribution in [-0.4, -0.2) is 20.2 Å². The lowest BCUT2D eigenvalue weighted by Gasteiger charge is -2.08. The van der Waals surface area contributed by atoms with Crippen LogP contribution in [-0.2, 0) is 6.18 Å². The molecule has 0 radical (unpaired) electrons. The van der Waals surface area contributed by atoms with Gasteiger partial charge >= 0.3 is 6.18 Å². The van der Waals surface area contributed by atoms with E-state index in [0.29, 0.717) is 5.16 Å². The van der Waals surface area contributed by atoms with Crippen LogP contribution >= 0.6 is 11.8 Å². The fraction of sp³-hybridized carbons (Fsp3) is 0.125. The number of nitrogen functional groups attached to an aromatic ring is 1. The molecule has 2 aromatic heterocycles. The molecule has 0 saturated carbocycles. The van der Waals surface area contributed by atoms with Gasteiger partial charge in [-0.2, -0.15) is 18.3 Å². The van der Waals surface area contributed by atoms with Gasteiger partial charge in [0.15, 0.2) is 5.16 Å². The Morgan fingerprint density at radius 1 is 1.29 bits per heavy atom. The zero-order valence-electron chi connectivity index (χ0n) is 8.19. The van der Waals surface area contributed by atoms with E-state index in [1.165, 1.54) is 6.33 Å². The Bertz CT molecular complexity index is 510. The minimum atomic E-state index is -4.50. The maximum Gasteiger partial charge on any atom is 0.433 e. The number of alkyl halides is 3. The largest absolute Gasteiger partial charge is 0.433 e. The molecule has 90 valence electrons. The van der Waals surface area contributed by atoms with E-state index in [2.05, 4.69) is 20.2 Å². The smallest absolute Gasteiger partial charge is 0.397 e. The van der Waals surface area contributed by atoms with E-state index < -0.39 is 11.9 Å². The van der Waals surface area contributed by atoms with Crippen molar-refractivity contribution in [3.63, 3.8) is 0 Å². The molecule has 0 aliphatic rings. The number of hydrogen-bond donors (Lipinski definition) is 2. The molecular weight excluding hydrogens is 255 g/mol. The van der Waals surface area contributed by atoms with Gasteiger partial charge in [-0.15, -0.1) is 0 Å². The minimum absolute atomic E-state index is 0.152. The van der Waals surface area contributed by atoms with Crippen LogP contribution in [0.5, 0.6) is 0 Å². The lowest BCUT2D eigenvalue weighted by Crippen LogP contribution is -2.08. The number of aromatic amines is 1. The summed E-state index contributed by atoms with van der Waals surface area (Å²) in [6.07, 6.45) is -2.27. The topological polar surface area (TPSA) is 80.5 Å². The van der Waals surface area contributed by atoms with E-state index in [-0.39, 0.29) is 10.6 Å². The van der Waals surface area contributed by atoms with Crippen LogP contribution in [0, 0.1) is 0 Å². The van der Waals surface area contributed by atoms with Gasteiger partial charge in [-0.05, 0) is 17.8 Å². The van der Waals surface area contributed by atoms with Gasteiger partial charge in [0, 0.05) is 4.90 Å². The zero-order chi connectivity index (χ0) is 12.5. The molecule has 17 heavy (non-hydrogen) atoms. The molecule has 9 heteroatoms. The summed E-state index contributed by atoms with van der Waals surface area (Å²) in [7, 11) is 0. The van der Waals surface area contributed by atoms with E-state index in [9.17, 15) is 13.2 Å². The van der Waals surface area contributed by atoms with Gasteiger partial charge < -0.3 is 5.73 Å². The number of H-pyrrole nitrogens is 1. The maximum absolute atomic E-state index is 12.4. The molecule has 0 saturated heterocycles. The standard InChI is InChI=1S/C8H6F3N5S/c9-8(10,11)6-1-5(4(12)2-13-6)17-7-14-3-15-16-7/h1-3H,12H2,(H,14,15,16). The second-order valence-corrected chi connectivity index (χ2v) is 4.03. The van der Waals surface area contributed by atoms with Crippen molar-refractivity contribution < 1.29 is 13.2 Å². The van der Waals surface area contributed by atoms with Crippen molar-refractivity contribution >= 4 is 17.4 Å². The van der Waals surface area contributed by atoms with Crippen LogP contribution in [0.1, 0.15) is 5.69 Å². The zero-order valence-corrected chi connectivity index (χ0v) is 9.01. The average Bonchev–Trinajstić information content (AvgIpc) is 2.72. The van der Waals surface area contributed by atoms with Crippen molar-refractivity contribution in [1.82, 2.24) is 20.2 Å². The summed E-state index contributed by atoms with van der Waals surface area (Å²) in [5.74, 6) is 0. The normalized spacial score (nSPS) is 11.7. The van der Waals surface area contributed by atoms with Crippen LogP contribution in [0.3, 0.4) is 0 Å². The summed E-state index contributed by atoms with van der Waals surface area (Å²) in [6, 6.07) is 0.878. The third-order valence-electron chi connectivity index (χ3n) is 1.79. The Labute approximate surface area is 97.6 Å². The third-order valence-corrected chi connectivity index (χ3v) is 2.75. The molecule has 0 aliphatic carbocycles. The van der Waals surface area contributed by atoms with E-state index in [1.807, 2.05) is 0 Å². The second kappa shape index (κ2) is 4.24. The lowest BCUT2D eigenvalue weighted by atomic mass is 10.3. The first-order valence-corrected chi connectivity index (χ1v) is 5.14. The molecule has 0 atom stereocenters. The minimum Gasteiger partial charge on any atom is -0.397 e. The van der Waals surface area contributed by atoms with Crippen LogP contribution in [0.25, 0.3) is 0 Å². The fourth-order valence-electron chi connectivity index (χ4n) is 1.04. The molecule has 5 nitrogen and oxygen atoms in total. The summed E-state index contributed by atoms with van der Waals surface area (Å²) < 4.78 is 37.3. The van der Waals surface area contributed by atoms with Crippen molar-refractivity contribution in [2.75, 3.05) is 5.73 Å². The fourth-order valence-corrected chi connectivity index (χ4v) is 1.79. The monoisotopic (exact) mass is 261 g/mol. The van der Waals surface area contributed by atoms with Gasteiger partial charge in [0.1, 0.15) is 12.0 Å². The summed E-state index contributed by atoms with van der Waals surface area (Å²) in [5, 5.41) is 6.46. The third kappa shape index (κ3) is 2.67. The van der Waals surface area contributed by atoms with Gasteiger partial charge in [-0.1, -0.05) is 0 Å². The highest BCUT2D eigenvalue weighted by Crippen LogP contribution is 2.34. The summed E-state index contributed by atoms with van der Waals surface area (Å²) in [5.41, 5.74) is 4.70. The number of nitrogens with one attached hydrogen (secondary N) is 1. The van der Waals surface area contributed by atoms with Crippen LogP contribution < -0.4 is 5.73 Å². The average molecular weight is 261 g/mol. The van der Waals surface area contributed by atoms with Crippen LogP contribution in [0.15, 0.2) is 28.6 Å². The number of aromatic nitrogens is 4. The van der Waals surface area contributed by atoms with E-state index in [1.54, 1.807) is 0 Å². The molecule has 0 bridgehead atoms. The highest BCUT2D eigenvalue weighted by atomic mass is 32.2. The number of nitrogens with zero attached hydrogens (tertiary/aromatic N) is 3. The highest BCUT2D eigenvalue weighted by molar-refractivity contribution is 7.99. The first kappa shape index (κ1) is 11.7. The van der Waals surface area contributed by atoms with Crippen LogP contribution in [0.2, 0.25) is 0 Å². The van der Waals surface area contributed by atoms with Gasteiger partial charge in [0.2, 0.25) is 0 Å². The van der Waals surface area contributed by atoms with Crippen LogP contribution in [0.4, 0.5) is 18.9 Å². The Kier molecular flexibility index (Phi) is 2.92. The molecule has 0 aromatic carbocycles. The van der Waals surface area contributed by atoms with Crippen molar-refractivity contribution in [3.8, 4) is 0 Å². The van der Waals surface area contributed by atoms with Crippen molar-refractivity contribution in [2.45, 2.75) is 16.2 Å². The molecule has 0 fully saturated rings. The molecule has 0 aliphatic heterocycles. The van der Waals surface area contributed by atoms with E-state index in [0.717, 1.165) is 24.0 Å². The van der Waals surface area contributed by atoms with Crippen molar-refractivity contribution in [1.29, 1.82) is 0 Å². The predicted octanol–water partition coefficient (Wildman–Crippen LogP) is 1.95. The predicted molar refractivity (Wildman–Crippen MR) is 54.2 cm³/mol. The summed E-state index contributed by atoms with van der Waals surface area (Å²) in [6.45, 7) is 0. The first-order valence-electron chi connectivity index (χ1n) is 4.33. The van der Waals surface area contributed by atoms with Gasteiger partial charge in [-0.25, -0.2) is 9.97 Å². The Hall–Kier alpha value is -1.77. The van der Waals surface area contributed by atoms with E-state index >= 15 is 0 Å². The Balaban J connectivity index is 2.33. The Morgan fingerprint density at radius 3 is 2.65 bits per heavy atom. The lowest BCUT2D eigenvalue weighted by molar-refractivity contribution is -0.141. The van der Waals surface area contributed by atoms with Gasteiger partial charge in [-0.3, -0.25) is 5.10 Å². The SMILES string of the molecule is Nc1cnc(C(F)(F)F)cc1Sc1ncn[nH]1. The number of pyridine rings is 1. The molecule has 3 N–H and O–H groups in total. The first-order chi connectivity index (χ1) is 7.97. The van der Waals surface area contributed by atoms with Crippen molar-refractivity contribution in [2.24, 2.45) is 0 Å². The van der Waals surface area contributed by atoms with Gasteiger partial charge in [0.05, 0.1) is 11.9 Å². The molecular formula is C8H6F3N5S. The highest BCUT2D eigenvalue weighted by Gasteiger charge is 2.33. The number of rotatable bonds is 2. The molecule has 2 rings (SSSR count). The number of hydrogen-bond acceptors (Lipinski definition) is 5. The number of nitrogens with two attached hydrogens (primary N) is 1. The Morgan fingerprint density at radius 2 is 2.06 bits per heavy atom. The van der Waals surface area contributed by atoms with Crippen molar-refractivity contribution in [3.05, 3.63) is 24.3 Å². The van der Waals surface area contributed by atoms with E-state index in [4.69, 9.17) is 5.73 Å². The molecule has 2 heterocycles. The quantitative estimate of drug-likeness (QED) is 0.863. The number of anilines is 1. The van der Waals surface area contributed by atoms with Gasteiger partial charge in [0.25, 0.3) is 0 Å². The molecule has 0 amide bonds. The summed E-state index contributed by atoms with van der Waals surface area (Å²) >= 11 is 0.957. The summed E-state index contributed by atoms with van der Waals surface area (Å²) in [4.78, 5) is 7.24. The second-order valence-electron chi connectivity index (χ2n) is 3.00.